The lowest BCUT2D eigenvalue weighted by Gasteiger charge is -2.20. The number of urea groups is 1. The maximum atomic E-state index is 12.8. The molecule has 26 heavy (non-hydrogen) atoms. The van der Waals surface area contributed by atoms with E-state index in [1.165, 1.54) is 38.2 Å². The molecule has 0 aromatic heterocycles. The number of hydrogen-bond donors (Lipinski definition) is 1. The molecule has 2 rings (SSSR count). The third kappa shape index (κ3) is 4.02. The van der Waals surface area contributed by atoms with Crippen LogP contribution in [0.15, 0.2) is 24.3 Å². The molecule has 1 aliphatic heterocycles. The number of carbonyl (C=O) groups excluding carboxylic acids is 5. The first kappa shape index (κ1) is 19.0. The van der Waals surface area contributed by atoms with E-state index in [4.69, 9.17) is 0 Å². The van der Waals surface area contributed by atoms with Gasteiger partial charge in [-0.2, -0.15) is 0 Å². The van der Waals surface area contributed by atoms with Crippen molar-refractivity contribution in [1.82, 2.24) is 14.7 Å². The number of hydrogen-bond acceptors (Lipinski definition) is 5. The molecule has 9 nitrogen and oxygen atoms in total. The summed E-state index contributed by atoms with van der Waals surface area (Å²) in [7, 11) is 1.32. The second-order valence-electron chi connectivity index (χ2n) is 5.53. The number of nitrogens with one attached hydrogen (secondary N) is 1. The molecule has 0 aliphatic carbocycles. The van der Waals surface area contributed by atoms with Gasteiger partial charge in [0.15, 0.2) is 0 Å². The van der Waals surface area contributed by atoms with E-state index in [9.17, 15) is 28.4 Å². The van der Waals surface area contributed by atoms with Crippen molar-refractivity contribution in [1.29, 1.82) is 0 Å². The van der Waals surface area contributed by atoms with Crippen molar-refractivity contribution in [2.24, 2.45) is 0 Å². The molecule has 1 N–H and O–H groups in total. The van der Waals surface area contributed by atoms with Crippen molar-refractivity contribution in [2.75, 3.05) is 32.0 Å². The van der Waals surface area contributed by atoms with E-state index >= 15 is 0 Å². The zero-order valence-electron chi connectivity index (χ0n) is 14.2. The molecule has 1 fully saturated rings. The van der Waals surface area contributed by atoms with Gasteiger partial charge in [0.25, 0.3) is 0 Å². The Hall–Kier alpha value is -3.30. The van der Waals surface area contributed by atoms with Crippen LogP contribution in [0.25, 0.3) is 0 Å². The SMILES string of the molecule is CCN1C(=O)C(=O)N(CC(=O)N(C)CC(=O)Nc2ccc(F)cc2)C1=O. The topological polar surface area (TPSA) is 107 Å². The van der Waals surface area contributed by atoms with Gasteiger partial charge in [0.2, 0.25) is 11.8 Å². The zero-order valence-corrected chi connectivity index (χ0v) is 14.2. The lowest BCUT2D eigenvalue weighted by atomic mass is 10.3. The number of carbonyl (C=O) groups is 5. The van der Waals surface area contributed by atoms with Crippen LogP contribution in [-0.2, 0) is 19.2 Å². The van der Waals surface area contributed by atoms with E-state index in [0.717, 1.165) is 9.80 Å². The van der Waals surface area contributed by atoms with Crippen LogP contribution >= 0.6 is 0 Å². The van der Waals surface area contributed by atoms with Crippen LogP contribution < -0.4 is 5.32 Å². The average Bonchev–Trinajstić information content (AvgIpc) is 2.79. The largest absolute Gasteiger partial charge is 0.335 e. The highest BCUT2D eigenvalue weighted by Gasteiger charge is 2.44. The summed E-state index contributed by atoms with van der Waals surface area (Å²) in [5.41, 5.74) is 0.353. The van der Waals surface area contributed by atoms with Crippen molar-refractivity contribution < 1.29 is 28.4 Å². The highest BCUT2D eigenvalue weighted by Crippen LogP contribution is 2.12. The molecule has 0 unspecified atom stereocenters. The second kappa shape index (κ2) is 7.72. The quantitative estimate of drug-likeness (QED) is 0.566. The number of anilines is 1. The Morgan fingerprint density at radius 3 is 2.19 bits per heavy atom. The molecule has 10 heteroatoms. The Labute approximate surface area is 148 Å². The van der Waals surface area contributed by atoms with Crippen molar-refractivity contribution >= 4 is 35.3 Å². The van der Waals surface area contributed by atoms with E-state index in [1.54, 1.807) is 0 Å². The van der Waals surface area contributed by atoms with Crippen LogP contribution in [0.2, 0.25) is 0 Å². The summed E-state index contributed by atoms with van der Waals surface area (Å²) in [5, 5.41) is 2.48. The summed E-state index contributed by atoms with van der Waals surface area (Å²) in [6.07, 6.45) is 0. The Morgan fingerprint density at radius 1 is 1.08 bits per heavy atom. The van der Waals surface area contributed by atoms with Crippen molar-refractivity contribution in [3.8, 4) is 0 Å². The predicted molar refractivity (Wildman–Crippen MR) is 87.2 cm³/mol. The normalized spacial score (nSPS) is 14.0. The van der Waals surface area contributed by atoms with Crippen molar-refractivity contribution in [3.63, 3.8) is 0 Å². The Morgan fingerprint density at radius 2 is 1.65 bits per heavy atom. The number of imide groups is 2. The third-order valence-corrected chi connectivity index (χ3v) is 3.68. The van der Waals surface area contributed by atoms with Gasteiger partial charge in [-0.3, -0.25) is 24.1 Å². The second-order valence-corrected chi connectivity index (χ2v) is 5.53. The van der Waals surface area contributed by atoms with E-state index in [0.29, 0.717) is 10.6 Å². The minimum atomic E-state index is -1.07. The summed E-state index contributed by atoms with van der Waals surface area (Å²) in [6.45, 7) is 0.558. The minimum Gasteiger partial charge on any atom is -0.335 e. The fourth-order valence-electron chi connectivity index (χ4n) is 2.26. The van der Waals surface area contributed by atoms with E-state index in [1.807, 2.05) is 0 Å². The highest BCUT2D eigenvalue weighted by atomic mass is 19.1. The number of benzene rings is 1. The lowest BCUT2D eigenvalue weighted by molar-refractivity contribution is -0.144. The van der Waals surface area contributed by atoms with Crippen molar-refractivity contribution in [3.05, 3.63) is 30.1 Å². The molecule has 6 amide bonds. The van der Waals surface area contributed by atoms with Gasteiger partial charge in [0.05, 0.1) is 6.54 Å². The molecule has 1 aromatic rings. The van der Waals surface area contributed by atoms with Crippen LogP contribution in [0, 0.1) is 5.82 Å². The zero-order chi connectivity index (χ0) is 19.4. The van der Waals surface area contributed by atoms with Gasteiger partial charge in [-0.25, -0.2) is 14.1 Å². The summed E-state index contributed by atoms with van der Waals surface area (Å²) in [4.78, 5) is 61.7. The number of amides is 6. The predicted octanol–water partition coefficient (Wildman–Crippen LogP) is 0.0333. The molecular weight excluding hydrogens is 347 g/mol. The van der Waals surface area contributed by atoms with Crippen LogP contribution in [-0.4, -0.2) is 71.0 Å². The smallest absolute Gasteiger partial charge is 0.334 e. The summed E-state index contributed by atoms with van der Waals surface area (Å²) in [6, 6.07) is 4.21. The highest BCUT2D eigenvalue weighted by molar-refractivity contribution is 6.45. The Bertz CT molecular complexity index is 764. The average molecular weight is 364 g/mol. The van der Waals surface area contributed by atoms with Crippen LogP contribution in [0.5, 0.6) is 0 Å². The molecule has 0 atom stereocenters. The molecule has 0 spiro atoms. The maximum absolute atomic E-state index is 12.8. The molecule has 1 aliphatic rings. The number of halogens is 1. The first-order valence-electron chi connectivity index (χ1n) is 7.71. The lowest BCUT2D eigenvalue weighted by Crippen LogP contribution is -2.44. The molecule has 1 heterocycles. The van der Waals surface area contributed by atoms with Crippen LogP contribution in [0.1, 0.15) is 6.92 Å². The van der Waals surface area contributed by atoms with Gasteiger partial charge >= 0.3 is 17.8 Å². The molecule has 0 saturated carbocycles. The van der Waals surface area contributed by atoms with Crippen molar-refractivity contribution in [2.45, 2.75) is 6.92 Å². The summed E-state index contributed by atoms with van der Waals surface area (Å²) >= 11 is 0. The maximum Gasteiger partial charge on any atom is 0.334 e. The summed E-state index contributed by atoms with van der Waals surface area (Å²) < 4.78 is 12.8. The first-order valence-corrected chi connectivity index (χ1v) is 7.71. The molecular formula is C16H17FN4O5. The third-order valence-electron chi connectivity index (χ3n) is 3.68. The van der Waals surface area contributed by atoms with Gasteiger partial charge in [-0.05, 0) is 31.2 Å². The number of rotatable bonds is 6. The molecule has 0 radical (unpaired) electrons. The van der Waals surface area contributed by atoms with Gasteiger partial charge < -0.3 is 10.2 Å². The minimum absolute atomic E-state index is 0.0179. The Balaban J connectivity index is 1.92. The van der Waals surface area contributed by atoms with Crippen LogP contribution in [0.3, 0.4) is 0 Å². The van der Waals surface area contributed by atoms with E-state index in [-0.39, 0.29) is 13.1 Å². The fourth-order valence-corrected chi connectivity index (χ4v) is 2.26. The van der Waals surface area contributed by atoms with E-state index in [2.05, 4.69) is 5.32 Å². The number of likely N-dealkylation sites (N-methyl/N-ethyl adjacent to an activating group) is 2. The molecule has 1 aromatic carbocycles. The fraction of sp³-hybridized carbons (Fsp3) is 0.312. The number of nitrogens with zero attached hydrogens (tertiary/aromatic N) is 3. The van der Waals surface area contributed by atoms with Gasteiger partial charge in [0.1, 0.15) is 12.4 Å². The molecule has 1 saturated heterocycles. The Kier molecular flexibility index (Phi) is 5.65. The molecule has 138 valence electrons. The van der Waals surface area contributed by atoms with Gasteiger partial charge in [-0.15, -0.1) is 0 Å². The van der Waals surface area contributed by atoms with Crippen LogP contribution in [0.4, 0.5) is 14.9 Å². The van der Waals surface area contributed by atoms with E-state index < -0.39 is 42.0 Å². The monoisotopic (exact) mass is 364 g/mol. The standard InChI is InChI=1S/C16H17FN4O5/c1-3-20-14(24)15(25)21(16(20)26)9-13(23)19(2)8-12(22)18-11-6-4-10(17)5-7-11/h4-7H,3,8-9H2,1-2H3,(H,18,22). The van der Waals surface area contributed by atoms with Gasteiger partial charge in [-0.1, -0.05) is 0 Å². The first-order chi connectivity index (χ1) is 12.2. The summed E-state index contributed by atoms with van der Waals surface area (Å²) in [5.74, 6) is -3.74. The van der Waals surface area contributed by atoms with Gasteiger partial charge in [0, 0.05) is 19.3 Å². The molecule has 0 bridgehead atoms.